The van der Waals surface area contributed by atoms with Crippen LogP contribution in [0.4, 0.5) is 5.69 Å². The fraction of sp³-hybridized carbons (Fsp3) is 0.100. The Morgan fingerprint density at radius 3 is 2.61 bits per heavy atom. The molecule has 0 unspecified atom stereocenters. The van der Waals surface area contributed by atoms with Crippen LogP contribution in [0.1, 0.15) is 16.9 Å². The molecule has 0 spiro atoms. The molecule has 3 aromatic rings. The van der Waals surface area contributed by atoms with Crippen molar-refractivity contribution in [2.75, 3.05) is 0 Å². The first-order valence-corrected chi connectivity index (χ1v) is 8.83. The van der Waals surface area contributed by atoms with Crippen LogP contribution in [-0.4, -0.2) is 15.0 Å². The molecule has 28 heavy (non-hydrogen) atoms. The lowest BCUT2D eigenvalue weighted by molar-refractivity contribution is -0.576. The summed E-state index contributed by atoms with van der Waals surface area (Å²) in [4.78, 5) is 10.7. The molecule has 0 bridgehead atoms. The average Bonchev–Trinajstić information content (AvgIpc) is 3.20. The summed E-state index contributed by atoms with van der Waals surface area (Å²) in [6, 6.07) is 13.0. The van der Waals surface area contributed by atoms with E-state index in [0.29, 0.717) is 28.6 Å². The second-order valence-electron chi connectivity index (χ2n) is 6.05. The van der Waals surface area contributed by atoms with E-state index in [1.807, 2.05) is 31.3 Å². The summed E-state index contributed by atoms with van der Waals surface area (Å²) in [5, 5.41) is 24.9. The van der Waals surface area contributed by atoms with E-state index in [1.165, 1.54) is 24.3 Å². The third kappa shape index (κ3) is 4.41. The van der Waals surface area contributed by atoms with Gasteiger partial charge in [0.1, 0.15) is 5.76 Å². The molecular formula is C20H18N3O4S+. The summed E-state index contributed by atoms with van der Waals surface area (Å²) in [6.07, 6.45) is 5.17. The Morgan fingerprint density at radius 2 is 2.00 bits per heavy atom. The van der Waals surface area contributed by atoms with E-state index in [2.05, 4.69) is 5.32 Å². The van der Waals surface area contributed by atoms with Crippen LogP contribution in [0, 0.1) is 17.0 Å². The van der Waals surface area contributed by atoms with Crippen molar-refractivity contribution in [3.8, 4) is 0 Å². The van der Waals surface area contributed by atoms with Gasteiger partial charge in [-0.25, -0.2) is 0 Å². The highest BCUT2D eigenvalue weighted by Gasteiger charge is 2.24. The number of furan rings is 1. The second-order valence-corrected chi connectivity index (χ2v) is 6.46. The Balaban J connectivity index is 1.99. The molecule has 2 aromatic heterocycles. The van der Waals surface area contributed by atoms with Gasteiger partial charge in [-0.1, -0.05) is 12.2 Å². The molecule has 8 heteroatoms. The fourth-order valence-corrected chi connectivity index (χ4v) is 2.90. The summed E-state index contributed by atoms with van der Waals surface area (Å²) < 4.78 is 7.01. The SMILES string of the molecule is Cc1ccc[n+](/C(C(=S)NCc2ccco2)=C(/O)c2ccc([N+](=O)[O-])cc2)c1. The number of nitrogens with zero attached hydrogens (tertiary/aromatic N) is 2. The molecule has 0 amide bonds. The maximum absolute atomic E-state index is 10.9. The Bertz CT molecular complexity index is 1030. The van der Waals surface area contributed by atoms with Crippen LogP contribution in [0.15, 0.2) is 71.6 Å². The Labute approximate surface area is 166 Å². The van der Waals surface area contributed by atoms with E-state index in [9.17, 15) is 15.2 Å². The summed E-state index contributed by atoms with van der Waals surface area (Å²) in [5.41, 5.74) is 1.70. The minimum atomic E-state index is -0.490. The predicted molar refractivity (Wildman–Crippen MR) is 108 cm³/mol. The number of benzene rings is 1. The number of nitro groups is 1. The largest absolute Gasteiger partial charge is 0.502 e. The van der Waals surface area contributed by atoms with E-state index in [-0.39, 0.29) is 11.4 Å². The van der Waals surface area contributed by atoms with Crippen molar-refractivity contribution in [2.45, 2.75) is 13.5 Å². The molecule has 0 aliphatic rings. The van der Waals surface area contributed by atoms with Gasteiger partial charge in [0.15, 0.2) is 23.1 Å². The van der Waals surface area contributed by atoms with Crippen molar-refractivity contribution >= 4 is 34.3 Å². The zero-order valence-corrected chi connectivity index (χ0v) is 15.8. The highest BCUT2D eigenvalue weighted by Crippen LogP contribution is 2.20. The Kier molecular flexibility index (Phi) is 5.81. The van der Waals surface area contributed by atoms with Gasteiger partial charge < -0.3 is 14.8 Å². The smallest absolute Gasteiger partial charge is 0.288 e. The molecule has 7 nitrogen and oxygen atoms in total. The van der Waals surface area contributed by atoms with Crippen LogP contribution in [0.3, 0.4) is 0 Å². The Hall–Kier alpha value is -3.52. The van der Waals surface area contributed by atoms with Gasteiger partial charge in [0.2, 0.25) is 0 Å². The number of hydrogen-bond donors (Lipinski definition) is 2. The maximum Gasteiger partial charge on any atom is 0.288 e. The summed E-state index contributed by atoms with van der Waals surface area (Å²) in [6.45, 7) is 2.28. The molecule has 0 atom stereocenters. The monoisotopic (exact) mass is 396 g/mol. The number of nitrogens with one attached hydrogen (secondary N) is 1. The van der Waals surface area contributed by atoms with Gasteiger partial charge in [-0.2, -0.15) is 4.57 Å². The number of aromatic nitrogens is 1. The van der Waals surface area contributed by atoms with Crippen LogP contribution in [0.25, 0.3) is 11.5 Å². The van der Waals surface area contributed by atoms with Crippen LogP contribution in [-0.2, 0) is 6.54 Å². The van der Waals surface area contributed by atoms with Crippen molar-refractivity contribution < 1.29 is 19.0 Å². The number of aryl methyl sites for hydroxylation is 1. The van der Waals surface area contributed by atoms with Gasteiger partial charge in [0.25, 0.3) is 11.4 Å². The fourth-order valence-electron chi connectivity index (χ4n) is 2.62. The highest BCUT2D eigenvalue weighted by atomic mass is 32.1. The van der Waals surface area contributed by atoms with Crippen LogP contribution in [0.5, 0.6) is 0 Å². The molecule has 0 saturated carbocycles. The first-order valence-electron chi connectivity index (χ1n) is 8.42. The van der Waals surface area contributed by atoms with E-state index in [0.717, 1.165) is 5.56 Å². The van der Waals surface area contributed by atoms with E-state index < -0.39 is 4.92 Å². The number of aliphatic hydroxyl groups is 1. The molecule has 2 N–H and O–H groups in total. The minimum absolute atomic E-state index is 0.0557. The standard InChI is InChI=1S/C20H17N3O4S/c1-14-4-2-10-22(13-14)18(20(28)21-12-17-5-3-11-27-17)19(24)15-6-8-16(9-7-15)23(25)26/h2-11,13H,12H2,1H3,(H-,21,24,28)/p+1. The molecule has 0 saturated heterocycles. The zero-order valence-electron chi connectivity index (χ0n) is 15.0. The summed E-state index contributed by atoms with van der Waals surface area (Å²) >= 11 is 5.52. The van der Waals surface area contributed by atoms with Crippen LogP contribution >= 0.6 is 12.2 Å². The van der Waals surface area contributed by atoms with Crippen molar-refractivity contribution in [3.05, 3.63) is 94.2 Å². The number of non-ortho nitro benzene ring substituents is 1. The first-order chi connectivity index (χ1) is 13.5. The van der Waals surface area contributed by atoms with Gasteiger partial charge in [-0.15, -0.1) is 0 Å². The van der Waals surface area contributed by atoms with Gasteiger partial charge >= 0.3 is 0 Å². The molecule has 1 aromatic carbocycles. The number of rotatable bonds is 6. The molecule has 142 valence electrons. The normalized spacial score (nSPS) is 11.6. The third-order valence-corrected chi connectivity index (χ3v) is 4.34. The molecule has 0 aliphatic heterocycles. The van der Waals surface area contributed by atoms with Crippen molar-refractivity contribution in [1.82, 2.24) is 5.32 Å². The number of aliphatic hydroxyl groups excluding tert-OH is 1. The average molecular weight is 396 g/mol. The topological polar surface area (TPSA) is 92.4 Å². The second kappa shape index (κ2) is 8.45. The third-order valence-electron chi connectivity index (χ3n) is 4.00. The zero-order chi connectivity index (χ0) is 20.1. The molecule has 3 rings (SSSR count). The van der Waals surface area contributed by atoms with E-state index >= 15 is 0 Å². The lowest BCUT2D eigenvalue weighted by atomic mass is 10.1. The van der Waals surface area contributed by atoms with E-state index in [1.54, 1.807) is 23.1 Å². The predicted octanol–water partition coefficient (Wildman–Crippen LogP) is 3.78. The maximum atomic E-state index is 10.9. The van der Waals surface area contributed by atoms with Gasteiger partial charge in [-0.3, -0.25) is 10.1 Å². The van der Waals surface area contributed by atoms with Crippen LogP contribution in [0.2, 0.25) is 0 Å². The van der Waals surface area contributed by atoms with Gasteiger partial charge in [0.05, 0.1) is 17.7 Å². The highest BCUT2D eigenvalue weighted by molar-refractivity contribution is 7.81. The minimum Gasteiger partial charge on any atom is -0.502 e. The molecule has 0 radical (unpaired) electrons. The number of pyridine rings is 1. The molecule has 0 fully saturated rings. The van der Waals surface area contributed by atoms with Gasteiger partial charge in [0, 0.05) is 29.3 Å². The van der Waals surface area contributed by atoms with Crippen molar-refractivity contribution in [3.63, 3.8) is 0 Å². The van der Waals surface area contributed by atoms with Crippen molar-refractivity contribution in [2.24, 2.45) is 0 Å². The quantitative estimate of drug-likeness (QED) is 0.164. The van der Waals surface area contributed by atoms with Crippen LogP contribution < -0.4 is 9.88 Å². The summed E-state index contributed by atoms with van der Waals surface area (Å²) in [5.74, 6) is 0.605. The molecule has 2 heterocycles. The Morgan fingerprint density at radius 1 is 1.25 bits per heavy atom. The molecule has 0 aliphatic carbocycles. The molecular weight excluding hydrogens is 378 g/mol. The first kappa shape index (κ1) is 19.2. The van der Waals surface area contributed by atoms with Crippen molar-refractivity contribution in [1.29, 1.82) is 0 Å². The van der Waals surface area contributed by atoms with E-state index in [4.69, 9.17) is 16.6 Å². The van der Waals surface area contributed by atoms with Gasteiger partial charge in [-0.05, 0) is 37.3 Å². The number of thiocarbonyl (C=S) groups is 1. The lowest BCUT2D eigenvalue weighted by Crippen LogP contribution is -2.41. The number of hydrogen-bond acceptors (Lipinski definition) is 5. The summed E-state index contributed by atoms with van der Waals surface area (Å²) in [7, 11) is 0. The number of nitro benzene ring substituents is 1. The lowest BCUT2D eigenvalue weighted by Gasteiger charge is -2.09.